The fourth-order valence-electron chi connectivity index (χ4n) is 4.08. The second-order valence-electron chi connectivity index (χ2n) is 7.94. The van der Waals surface area contributed by atoms with E-state index in [-0.39, 0.29) is 19.9 Å². The summed E-state index contributed by atoms with van der Waals surface area (Å²) < 4.78 is 6.56. The van der Waals surface area contributed by atoms with Crippen molar-refractivity contribution in [3.8, 4) is 0 Å². The number of hydrogen-bond acceptors (Lipinski definition) is 2. The third-order valence-electron chi connectivity index (χ3n) is 6.00. The molecule has 0 aliphatic carbocycles. The van der Waals surface area contributed by atoms with Gasteiger partial charge in [-0.15, -0.1) is 0 Å². The molecule has 0 fully saturated rings. The van der Waals surface area contributed by atoms with Gasteiger partial charge in [0.25, 0.3) is 0 Å². The molecule has 1 unspecified atom stereocenters. The summed E-state index contributed by atoms with van der Waals surface area (Å²) in [5.74, 6) is 0. The van der Waals surface area contributed by atoms with Crippen LogP contribution in [0.5, 0.6) is 0 Å². The van der Waals surface area contributed by atoms with E-state index in [9.17, 15) is 10.1 Å². The summed E-state index contributed by atoms with van der Waals surface area (Å²) in [6.07, 6.45) is 9.52. The molecule has 0 N–H and O–H groups in total. The Morgan fingerprint density at radius 3 is 2.00 bits per heavy atom. The molecule has 0 saturated heterocycles. The Bertz CT molecular complexity index is 531. The van der Waals surface area contributed by atoms with E-state index >= 15 is 0 Å². The molecule has 1 atom stereocenters. The summed E-state index contributed by atoms with van der Waals surface area (Å²) in [5, 5.41) is 12.4. The summed E-state index contributed by atoms with van der Waals surface area (Å²) in [5.41, 5.74) is 0.322. The first-order valence-electron chi connectivity index (χ1n) is 10.9. The molecule has 0 heterocycles. The van der Waals surface area contributed by atoms with E-state index in [2.05, 4.69) is 27.7 Å². The van der Waals surface area contributed by atoms with Crippen molar-refractivity contribution in [2.24, 2.45) is 0 Å². The first-order chi connectivity index (χ1) is 13.0. The number of unbranched alkanes of at least 4 members (excludes halogenated alkanes) is 3. The third kappa shape index (κ3) is 8.45. The zero-order chi connectivity index (χ0) is 20.1. The van der Waals surface area contributed by atoms with Crippen LogP contribution in [0.4, 0.5) is 5.69 Å². The van der Waals surface area contributed by atoms with E-state index < -0.39 is 18.4 Å². The van der Waals surface area contributed by atoms with Crippen molar-refractivity contribution in [2.45, 2.75) is 95.2 Å². The number of hydrogen-bond donors (Lipinski definition) is 0. The van der Waals surface area contributed by atoms with Gasteiger partial charge in [0, 0.05) is 0 Å². The average Bonchev–Trinajstić information content (AvgIpc) is 2.67. The summed E-state index contributed by atoms with van der Waals surface area (Å²) >= 11 is -1.93. The molecule has 3 nitrogen and oxygen atoms in total. The Hall–Kier alpha value is -0.0618. The molecule has 0 aliphatic heterocycles. The van der Waals surface area contributed by atoms with Gasteiger partial charge in [-0.2, -0.15) is 0 Å². The number of nitrogens with zero attached hydrogens (tertiary/aromatic N) is 1. The van der Waals surface area contributed by atoms with Crippen LogP contribution in [0.3, 0.4) is 0 Å². The molecular formula is C22H39NO2SeSn. The number of nitro benzene ring substituents is 1. The van der Waals surface area contributed by atoms with Crippen LogP contribution >= 0.6 is 0 Å². The number of para-hydroxylation sites is 1. The van der Waals surface area contributed by atoms with E-state index in [1.54, 1.807) is 25.4 Å². The van der Waals surface area contributed by atoms with Crippen molar-refractivity contribution in [1.82, 2.24) is 0 Å². The molecule has 1 rings (SSSR count). The zero-order valence-corrected chi connectivity index (χ0v) is 22.4. The molecule has 0 radical (unpaired) electrons. The van der Waals surface area contributed by atoms with Crippen molar-refractivity contribution in [1.29, 1.82) is 0 Å². The van der Waals surface area contributed by atoms with Crippen molar-refractivity contribution in [3.05, 3.63) is 34.4 Å². The molecule has 154 valence electrons. The topological polar surface area (TPSA) is 43.1 Å². The molecule has 5 heteroatoms. The Morgan fingerprint density at radius 2 is 1.52 bits per heavy atom. The van der Waals surface area contributed by atoms with E-state index in [1.165, 1.54) is 44.9 Å². The Kier molecular flexibility index (Phi) is 13.0. The van der Waals surface area contributed by atoms with Crippen LogP contribution in [0.25, 0.3) is 0 Å². The van der Waals surface area contributed by atoms with Crippen LogP contribution in [0.1, 0.15) is 72.6 Å². The fraction of sp³-hybridized carbons (Fsp3) is 0.727. The molecule has 0 aliphatic rings. The van der Waals surface area contributed by atoms with Gasteiger partial charge in [-0.05, 0) is 0 Å². The van der Waals surface area contributed by atoms with E-state index in [0.29, 0.717) is 5.69 Å². The fourth-order valence-corrected chi connectivity index (χ4v) is 25.4. The molecule has 1 aromatic rings. The number of rotatable bonds is 15. The van der Waals surface area contributed by atoms with Gasteiger partial charge in [0.2, 0.25) is 0 Å². The van der Waals surface area contributed by atoms with Crippen LogP contribution in [0.15, 0.2) is 24.3 Å². The SMILES string of the molecule is CCC[CH2][Sn]([CH2]CCC)([CH2]CCC)[CH](C)CC[Se]c1ccccc1[N+](=O)[O-]. The van der Waals surface area contributed by atoms with Crippen LogP contribution in [-0.4, -0.2) is 38.3 Å². The van der Waals surface area contributed by atoms with Gasteiger partial charge in [-0.3, -0.25) is 0 Å². The van der Waals surface area contributed by atoms with Gasteiger partial charge < -0.3 is 0 Å². The minimum atomic E-state index is -2.15. The number of nitro groups is 1. The van der Waals surface area contributed by atoms with E-state index in [1.807, 2.05) is 12.1 Å². The summed E-state index contributed by atoms with van der Waals surface area (Å²) in [7, 11) is 0. The first-order valence-corrected chi connectivity index (χ1v) is 20.6. The van der Waals surface area contributed by atoms with E-state index in [0.717, 1.165) is 13.7 Å². The van der Waals surface area contributed by atoms with Crippen molar-refractivity contribution in [3.63, 3.8) is 0 Å². The predicted molar refractivity (Wildman–Crippen MR) is 122 cm³/mol. The van der Waals surface area contributed by atoms with Crippen molar-refractivity contribution >= 4 is 43.5 Å². The Labute approximate surface area is 177 Å². The molecule has 0 amide bonds. The maximum atomic E-state index is 11.3. The second-order valence-corrected chi connectivity index (χ2v) is 25.2. The molecular weight excluding hydrogens is 508 g/mol. The second kappa shape index (κ2) is 14.0. The normalized spacial score (nSPS) is 12.9. The van der Waals surface area contributed by atoms with Crippen LogP contribution < -0.4 is 4.46 Å². The van der Waals surface area contributed by atoms with Crippen LogP contribution in [0, 0.1) is 10.1 Å². The maximum absolute atomic E-state index is 11.3. The summed E-state index contributed by atoms with van der Waals surface area (Å²) in [4.78, 5) is 11.0. The summed E-state index contributed by atoms with van der Waals surface area (Å²) in [6.45, 7) is 9.54. The van der Waals surface area contributed by atoms with Gasteiger partial charge in [0.1, 0.15) is 0 Å². The van der Waals surface area contributed by atoms with Gasteiger partial charge >= 0.3 is 178 Å². The zero-order valence-electron chi connectivity index (χ0n) is 17.8. The Morgan fingerprint density at radius 1 is 1.00 bits per heavy atom. The van der Waals surface area contributed by atoms with Crippen LogP contribution in [0.2, 0.25) is 22.6 Å². The molecule has 0 spiro atoms. The molecule has 0 saturated carbocycles. The van der Waals surface area contributed by atoms with Crippen LogP contribution in [-0.2, 0) is 0 Å². The van der Waals surface area contributed by atoms with Gasteiger partial charge in [-0.25, -0.2) is 0 Å². The average molecular weight is 547 g/mol. The van der Waals surface area contributed by atoms with Gasteiger partial charge in [-0.1, -0.05) is 0 Å². The molecule has 0 aromatic heterocycles. The third-order valence-corrected chi connectivity index (χ3v) is 26.6. The van der Waals surface area contributed by atoms with Gasteiger partial charge in [0.05, 0.1) is 0 Å². The van der Waals surface area contributed by atoms with E-state index in [4.69, 9.17) is 0 Å². The standard InChI is InChI=1S/C10H12NO2Se.3C4H9.Sn/c1-2-3-8-14-10-7-5-4-6-9(10)11(12)13;3*1-3-4-2;/h2,4-7H,3,8H2,1H3;3*1,3-4H2,2H3;. The molecule has 1 aromatic carbocycles. The van der Waals surface area contributed by atoms with Gasteiger partial charge in [0.15, 0.2) is 0 Å². The minimum absolute atomic E-state index is 0.215. The quantitative estimate of drug-likeness (QED) is 0.135. The van der Waals surface area contributed by atoms with Crippen molar-refractivity contribution in [2.75, 3.05) is 0 Å². The summed E-state index contributed by atoms with van der Waals surface area (Å²) in [6, 6.07) is 7.35. The molecule has 27 heavy (non-hydrogen) atoms. The number of benzene rings is 1. The first kappa shape index (κ1) is 25.0. The Balaban J connectivity index is 2.79. The predicted octanol–water partition coefficient (Wildman–Crippen LogP) is 6.97. The van der Waals surface area contributed by atoms with Crippen molar-refractivity contribution < 1.29 is 4.92 Å². The molecule has 0 bridgehead atoms. The monoisotopic (exact) mass is 549 g/mol.